The first-order valence-corrected chi connectivity index (χ1v) is 4.71. The number of anilines is 1. The minimum Gasteiger partial charge on any atom is -0.366 e. The monoisotopic (exact) mass is 204 g/mol. The Hall–Kier alpha value is -2.04. The van der Waals surface area contributed by atoms with Gasteiger partial charge in [0.2, 0.25) is 5.91 Å². The maximum Gasteiger partial charge on any atom is 0.248 e. The first kappa shape index (κ1) is 9.51. The van der Waals surface area contributed by atoms with Gasteiger partial charge in [-0.1, -0.05) is 6.07 Å². The van der Waals surface area contributed by atoms with Crippen molar-refractivity contribution >= 4 is 17.6 Å². The fourth-order valence-corrected chi connectivity index (χ4v) is 1.37. The van der Waals surface area contributed by atoms with Gasteiger partial charge >= 0.3 is 0 Å². The third-order valence-corrected chi connectivity index (χ3v) is 2.08. The fraction of sp³-hybridized carbons (Fsp3) is 0.200. The van der Waals surface area contributed by atoms with Crippen LogP contribution in [0.4, 0.5) is 5.69 Å². The average molecular weight is 204 g/mol. The predicted octanol–water partition coefficient (Wildman–Crippen LogP) is 0.157. The van der Waals surface area contributed by atoms with E-state index in [2.05, 4.69) is 15.6 Å². The standard InChI is InChI=1S/C10H12N4O/c11-9(15)7-2-1-3-8(6-7)14-10-12-4-5-13-10/h1-3,6H,4-5H2,(H2,11,15)(H2,12,13,14). The lowest BCUT2D eigenvalue weighted by Gasteiger charge is -2.06. The Bertz CT molecular complexity index is 414. The Balaban J connectivity index is 2.14. The van der Waals surface area contributed by atoms with E-state index in [1.807, 2.05) is 6.07 Å². The number of nitrogens with one attached hydrogen (secondary N) is 2. The molecule has 1 aliphatic rings. The zero-order chi connectivity index (χ0) is 10.7. The van der Waals surface area contributed by atoms with Crippen molar-refractivity contribution in [1.29, 1.82) is 0 Å². The highest BCUT2D eigenvalue weighted by atomic mass is 16.1. The second kappa shape index (κ2) is 4.00. The van der Waals surface area contributed by atoms with Crippen molar-refractivity contribution in [2.45, 2.75) is 0 Å². The Kier molecular flexibility index (Phi) is 2.53. The molecule has 0 unspecified atom stereocenters. The number of hydrogen-bond donors (Lipinski definition) is 3. The van der Waals surface area contributed by atoms with Gasteiger partial charge in [-0.05, 0) is 18.2 Å². The molecule has 1 amide bonds. The van der Waals surface area contributed by atoms with Crippen LogP contribution < -0.4 is 16.4 Å². The molecule has 1 aromatic rings. The molecule has 0 radical (unpaired) electrons. The average Bonchev–Trinajstić information content (AvgIpc) is 2.71. The van der Waals surface area contributed by atoms with E-state index in [0.717, 1.165) is 24.7 Å². The molecule has 78 valence electrons. The van der Waals surface area contributed by atoms with Crippen molar-refractivity contribution in [3.05, 3.63) is 29.8 Å². The number of carbonyl (C=O) groups excluding carboxylic acids is 1. The van der Waals surface area contributed by atoms with Crippen LogP contribution in [-0.2, 0) is 0 Å². The molecule has 0 atom stereocenters. The smallest absolute Gasteiger partial charge is 0.248 e. The van der Waals surface area contributed by atoms with E-state index in [4.69, 9.17) is 5.73 Å². The van der Waals surface area contributed by atoms with Crippen LogP contribution in [0.2, 0.25) is 0 Å². The van der Waals surface area contributed by atoms with Gasteiger partial charge in [0.1, 0.15) is 0 Å². The quantitative estimate of drug-likeness (QED) is 0.642. The van der Waals surface area contributed by atoms with Crippen molar-refractivity contribution in [2.75, 3.05) is 18.4 Å². The summed E-state index contributed by atoms with van der Waals surface area (Å²) in [7, 11) is 0. The normalized spacial score (nSPS) is 14.3. The summed E-state index contributed by atoms with van der Waals surface area (Å²) in [5, 5.41) is 6.14. The second-order valence-electron chi connectivity index (χ2n) is 3.23. The number of nitrogens with zero attached hydrogens (tertiary/aromatic N) is 1. The molecule has 4 N–H and O–H groups in total. The third-order valence-electron chi connectivity index (χ3n) is 2.08. The molecule has 1 aliphatic heterocycles. The number of rotatable bonds is 2. The zero-order valence-corrected chi connectivity index (χ0v) is 8.16. The van der Waals surface area contributed by atoms with Gasteiger partial charge in [-0.2, -0.15) is 0 Å². The topological polar surface area (TPSA) is 79.5 Å². The second-order valence-corrected chi connectivity index (χ2v) is 3.23. The molecular weight excluding hydrogens is 192 g/mol. The van der Waals surface area contributed by atoms with Crippen molar-refractivity contribution in [3.8, 4) is 0 Å². The van der Waals surface area contributed by atoms with Crippen molar-refractivity contribution in [3.63, 3.8) is 0 Å². The molecule has 0 saturated heterocycles. The van der Waals surface area contributed by atoms with Gasteiger partial charge in [0.15, 0.2) is 5.96 Å². The van der Waals surface area contributed by atoms with Crippen molar-refractivity contribution < 1.29 is 4.79 Å². The molecule has 5 heteroatoms. The van der Waals surface area contributed by atoms with E-state index in [1.54, 1.807) is 18.2 Å². The van der Waals surface area contributed by atoms with Gasteiger partial charge in [0, 0.05) is 17.8 Å². The molecular formula is C10H12N4O. The summed E-state index contributed by atoms with van der Waals surface area (Å²) in [5.74, 6) is 0.302. The molecule has 0 spiro atoms. The molecule has 2 rings (SSSR count). The summed E-state index contributed by atoms with van der Waals surface area (Å²) >= 11 is 0. The summed E-state index contributed by atoms with van der Waals surface area (Å²) < 4.78 is 0. The maximum atomic E-state index is 10.9. The Morgan fingerprint density at radius 2 is 2.40 bits per heavy atom. The number of benzene rings is 1. The Morgan fingerprint density at radius 1 is 1.53 bits per heavy atom. The Morgan fingerprint density at radius 3 is 3.07 bits per heavy atom. The summed E-state index contributed by atoms with van der Waals surface area (Å²) in [4.78, 5) is 15.1. The molecule has 0 aromatic heterocycles. The van der Waals surface area contributed by atoms with Crippen molar-refractivity contribution in [1.82, 2.24) is 5.32 Å². The molecule has 0 fully saturated rings. The molecule has 0 bridgehead atoms. The highest BCUT2D eigenvalue weighted by Crippen LogP contribution is 2.10. The van der Waals surface area contributed by atoms with E-state index in [9.17, 15) is 4.79 Å². The lowest BCUT2D eigenvalue weighted by molar-refractivity contribution is 0.100. The highest BCUT2D eigenvalue weighted by molar-refractivity contribution is 5.97. The van der Waals surface area contributed by atoms with E-state index < -0.39 is 5.91 Å². The summed E-state index contributed by atoms with van der Waals surface area (Å²) in [5.41, 5.74) is 6.47. The number of hydrogen-bond acceptors (Lipinski definition) is 4. The zero-order valence-electron chi connectivity index (χ0n) is 8.16. The lowest BCUT2D eigenvalue weighted by Crippen LogP contribution is -2.26. The largest absolute Gasteiger partial charge is 0.366 e. The van der Waals surface area contributed by atoms with Gasteiger partial charge in [0.25, 0.3) is 0 Å². The van der Waals surface area contributed by atoms with Gasteiger partial charge in [-0.25, -0.2) is 0 Å². The van der Waals surface area contributed by atoms with Crippen LogP contribution in [0.15, 0.2) is 29.3 Å². The highest BCUT2D eigenvalue weighted by Gasteiger charge is 2.06. The third kappa shape index (κ3) is 2.25. The fourth-order valence-electron chi connectivity index (χ4n) is 1.37. The maximum absolute atomic E-state index is 10.9. The number of guanidine groups is 1. The van der Waals surface area contributed by atoms with Gasteiger partial charge in [0.05, 0.1) is 6.54 Å². The van der Waals surface area contributed by atoms with Crippen LogP contribution in [0, 0.1) is 0 Å². The molecule has 15 heavy (non-hydrogen) atoms. The molecule has 1 heterocycles. The van der Waals surface area contributed by atoms with E-state index >= 15 is 0 Å². The molecule has 0 saturated carbocycles. The minimum absolute atomic E-state index is 0.431. The molecule has 1 aromatic carbocycles. The number of primary amides is 1. The van der Waals surface area contributed by atoms with Gasteiger partial charge in [-0.3, -0.25) is 9.79 Å². The first-order chi connectivity index (χ1) is 7.25. The van der Waals surface area contributed by atoms with Crippen LogP contribution in [0.1, 0.15) is 10.4 Å². The van der Waals surface area contributed by atoms with E-state index in [1.165, 1.54) is 0 Å². The van der Waals surface area contributed by atoms with E-state index in [-0.39, 0.29) is 0 Å². The first-order valence-electron chi connectivity index (χ1n) is 4.71. The van der Waals surface area contributed by atoms with Gasteiger partial charge in [-0.15, -0.1) is 0 Å². The van der Waals surface area contributed by atoms with Crippen LogP contribution >= 0.6 is 0 Å². The van der Waals surface area contributed by atoms with Gasteiger partial charge < -0.3 is 16.4 Å². The Labute approximate surface area is 87.4 Å². The van der Waals surface area contributed by atoms with Crippen LogP contribution in [-0.4, -0.2) is 25.0 Å². The van der Waals surface area contributed by atoms with Crippen molar-refractivity contribution in [2.24, 2.45) is 10.7 Å². The summed E-state index contributed by atoms with van der Waals surface area (Å²) in [6, 6.07) is 7.01. The number of aliphatic imine (C=N–C) groups is 1. The predicted molar refractivity (Wildman–Crippen MR) is 58.9 cm³/mol. The molecule has 5 nitrogen and oxygen atoms in total. The van der Waals surface area contributed by atoms with Crippen LogP contribution in [0.25, 0.3) is 0 Å². The molecule has 0 aliphatic carbocycles. The summed E-state index contributed by atoms with van der Waals surface area (Å²) in [6.45, 7) is 1.62. The van der Waals surface area contributed by atoms with Crippen LogP contribution in [0.5, 0.6) is 0 Å². The SMILES string of the molecule is NC(=O)c1cccc(NC2=NCCN2)c1. The number of carbonyl (C=O) groups is 1. The van der Waals surface area contributed by atoms with E-state index in [0.29, 0.717) is 5.56 Å². The summed E-state index contributed by atoms with van der Waals surface area (Å²) in [6.07, 6.45) is 0. The minimum atomic E-state index is -0.431. The number of amides is 1. The lowest BCUT2D eigenvalue weighted by atomic mass is 10.2. The van der Waals surface area contributed by atoms with Crippen LogP contribution in [0.3, 0.4) is 0 Å². The number of nitrogens with two attached hydrogens (primary N) is 1.